The number of benzene rings is 1. The zero-order valence-electron chi connectivity index (χ0n) is 7.61. The Hall–Kier alpha value is -1.36. The highest BCUT2D eigenvalue weighted by Crippen LogP contribution is 2.15. The zero-order valence-corrected chi connectivity index (χ0v) is 9.20. The van der Waals surface area contributed by atoms with Gasteiger partial charge in [0.1, 0.15) is 22.8 Å². The Morgan fingerprint density at radius 1 is 1.40 bits per heavy atom. The molecule has 0 bridgehead atoms. The van der Waals surface area contributed by atoms with Crippen LogP contribution in [0.15, 0.2) is 39.5 Å². The Bertz CT molecular complexity index is 458. The molecule has 0 aliphatic rings. The second kappa shape index (κ2) is 4.44. The third-order valence-electron chi connectivity index (χ3n) is 1.71. The Kier molecular flexibility index (Phi) is 3.01. The maximum Gasteiger partial charge on any atom is 0.175 e. The Morgan fingerprint density at radius 2 is 2.27 bits per heavy atom. The first kappa shape index (κ1) is 10.2. The van der Waals surface area contributed by atoms with Crippen molar-refractivity contribution in [2.45, 2.75) is 6.61 Å². The predicted octanol–water partition coefficient (Wildman–Crippen LogP) is 3.16. The highest BCUT2D eigenvalue weighted by Gasteiger charge is 2.02. The molecular formula is C10H7BrFNO2. The van der Waals surface area contributed by atoms with Crippen LogP contribution in [0, 0.1) is 5.82 Å². The van der Waals surface area contributed by atoms with E-state index in [1.165, 1.54) is 12.1 Å². The van der Waals surface area contributed by atoms with Crippen LogP contribution in [0.2, 0.25) is 0 Å². The van der Waals surface area contributed by atoms with E-state index >= 15 is 0 Å². The smallest absolute Gasteiger partial charge is 0.175 e. The van der Waals surface area contributed by atoms with E-state index in [9.17, 15) is 4.39 Å². The summed E-state index contributed by atoms with van der Waals surface area (Å²) in [5.41, 5.74) is 0. The van der Waals surface area contributed by atoms with Crippen molar-refractivity contribution in [3.8, 4) is 5.75 Å². The molecule has 1 aromatic heterocycles. The molecule has 2 rings (SSSR count). The van der Waals surface area contributed by atoms with Crippen LogP contribution >= 0.6 is 15.9 Å². The molecule has 0 saturated carbocycles. The summed E-state index contributed by atoms with van der Waals surface area (Å²) >= 11 is 3.15. The normalized spacial score (nSPS) is 10.3. The lowest BCUT2D eigenvalue weighted by Gasteiger charge is -2.02. The van der Waals surface area contributed by atoms with Crippen LogP contribution in [0.25, 0.3) is 0 Å². The van der Waals surface area contributed by atoms with Gasteiger partial charge >= 0.3 is 0 Å². The van der Waals surface area contributed by atoms with Gasteiger partial charge in [0.15, 0.2) is 5.76 Å². The molecule has 0 radical (unpaired) electrons. The summed E-state index contributed by atoms with van der Waals surface area (Å²) in [5, 5.41) is 3.63. The van der Waals surface area contributed by atoms with Gasteiger partial charge in [-0.2, -0.15) is 0 Å². The molecule has 0 aliphatic heterocycles. The third kappa shape index (κ3) is 2.79. The molecule has 0 spiro atoms. The van der Waals surface area contributed by atoms with Crippen molar-refractivity contribution >= 4 is 15.9 Å². The van der Waals surface area contributed by atoms with Crippen LogP contribution in [0.5, 0.6) is 5.75 Å². The molecular weight excluding hydrogens is 265 g/mol. The quantitative estimate of drug-likeness (QED) is 0.860. The minimum Gasteiger partial charge on any atom is -0.485 e. The standard InChI is InChI=1S/C10H7BrFNO2/c11-10-5-9(15-13-10)6-14-8-3-1-2-7(12)4-8/h1-5H,6H2. The topological polar surface area (TPSA) is 35.3 Å². The minimum atomic E-state index is -0.328. The number of nitrogens with zero attached hydrogens (tertiary/aromatic N) is 1. The minimum absolute atomic E-state index is 0.224. The first-order valence-corrected chi connectivity index (χ1v) is 5.03. The van der Waals surface area contributed by atoms with Crippen molar-refractivity contribution in [3.63, 3.8) is 0 Å². The van der Waals surface area contributed by atoms with Crippen molar-refractivity contribution in [1.29, 1.82) is 0 Å². The Labute approximate surface area is 94.0 Å². The van der Waals surface area contributed by atoms with Gasteiger partial charge < -0.3 is 9.26 Å². The lowest BCUT2D eigenvalue weighted by Crippen LogP contribution is -1.93. The summed E-state index contributed by atoms with van der Waals surface area (Å²) in [7, 11) is 0. The van der Waals surface area contributed by atoms with Gasteiger partial charge in [-0.15, -0.1) is 0 Å². The van der Waals surface area contributed by atoms with E-state index in [0.29, 0.717) is 16.1 Å². The third-order valence-corrected chi connectivity index (χ3v) is 2.08. The first-order chi connectivity index (χ1) is 7.24. The van der Waals surface area contributed by atoms with Crippen molar-refractivity contribution in [2.24, 2.45) is 0 Å². The largest absolute Gasteiger partial charge is 0.485 e. The lowest BCUT2D eigenvalue weighted by molar-refractivity contribution is 0.248. The van der Waals surface area contributed by atoms with Crippen molar-refractivity contribution < 1.29 is 13.7 Å². The zero-order chi connectivity index (χ0) is 10.7. The monoisotopic (exact) mass is 271 g/mol. The van der Waals surface area contributed by atoms with E-state index in [1.54, 1.807) is 18.2 Å². The fraction of sp³-hybridized carbons (Fsp3) is 0.100. The van der Waals surface area contributed by atoms with Crippen LogP contribution in [-0.2, 0) is 6.61 Å². The van der Waals surface area contributed by atoms with Gasteiger partial charge in [-0.05, 0) is 28.1 Å². The summed E-state index contributed by atoms with van der Waals surface area (Å²) in [6.45, 7) is 0.224. The molecule has 0 aliphatic carbocycles. The van der Waals surface area contributed by atoms with Gasteiger partial charge in [0.05, 0.1) is 0 Å². The van der Waals surface area contributed by atoms with Gasteiger partial charge in [-0.25, -0.2) is 4.39 Å². The maximum absolute atomic E-state index is 12.8. The second-order valence-electron chi connectivity index (χ2n) is 2.86. The molecule has 0 amide bonds. The SMILES string of the molecule is Fc1cccc(OCc2cc(Br)no2)c1. The first-order valence-electron chi connectivity index (χ1n) is 4.23. The number of rotatable bonds is 3. The van der Waals surface area contributed by atoms with E-state index < -0.39 is 0 Å². The molecule has 1 heterocycles. The van der Waals surface area contributed by atoms with E-state index in [0.717, 1.165) is 0 Å². The molecule has 78 valence electrons. The molecule has 0 N–H and O–H groups in total. The fourth-order valence-corrected chi connectivity index (χ4v) is 1.39. The van der Waals surface area contributed by atoms with E-state index in [-0.39, 0.29) is 12.4 Å². The van der Waals surface area contributed by atoms with Gasteiger partial charge in [0.2, 0.25) is 0 Å². The summed E-state index contributed by atoms with van der Waals surface area (Å²) in [4.78, 5) is 0. The van der Waals surface area contributed by atoms with Crippen LogP contribution < -0.4 is 4.74 Å². The van der Waals surface area contributed by atoms with Crippen molar-refractivity contribution in [3.05, 3.63) is 46.5 Å². The molecule has 3 nitrogen and oxygen atoms in total. The molecule has 0 fully saturated rings. The summed E-state index contributed by atoms with van der Waals surface area (Å²) in [6.07, 6.45) is 0. The maximum atomic E-state index is 12.8. The van der Waals surface area contributed by atoms with Crippen molar-refractivity contribution in [1.82, 2.24) is 5.16 Å². The van der Waals surface area contributed by atoms with Crippen LogP contribution in [0.3, 0.4) is 0 Å². The summed E-state index contributed by atoms with van der Waals surface area (Å²) in [6, 6.07) is 7.62. The molecule has 0 atom stereocenters. The van der Waals surface area contributed by atoms with E-state index in [2.05, 4.69) is 21.1 Å². The predicted molar refractivity (Wildman–Crippen MR) is 54.9 cm³/mol. The highest BCUT2D eigenvalue weighted by atomic mass is 79.9. The second-order valence-corrected chi connectivity index (χ2v) is 3.67. The van der Waals surface area contributed by atoms with Crippen LogP contribution in [0.1, 0.15) is 5.76 Å². The Morgan fingerprint density at radius 3 is 2.93 bits per heavy atom. The molecule has 5 heteroatoms. The van der Waals surface area contributed by atoms with Gasteiger partial charge in [-0.3, -0.25) is 0 Å². The number of ether oxygens (including phenoxy) is 1. The highest BCUT2D eigenvalue weighted by molar-refractivity contribution is 9.10. The number of hydrogen-bond acceptors (Lipinski definition) is 3. The molecule has 2 aromatic rings. The average Bonchev–Trinajstić information content (AvgIpc) is 2.62. The summed E-state index contributed by atoms with van der Waals surface area (Å²) in [5.74, 6) is 0.708. The number of aromatic nitrogens is 1. The van der Waals surface area contributed by atoms with Gasteiger partial charge in [0.25, 0.3) is 0 Å². The molecule has 15 heavy (non-hydrogen) atoms. The van der Waals surface area contributed by atoms with E-state index in [1.807, 2.05) is 0 Å². The molecule has 0 unspecified atom stereocenters. The van der Waals surface area contributed by atoms with Gasteiger partial charge in [0, 0.05) is 12.1 Å². The molecule has 1 aromatic carbocycles. The molecule has 0 saturated heterocycles. The van der Waals surface area contributed by atoms with Crippen LogP contribution in [0.4, 0.5) is 4.39 Å². The summed E-state index contributed by atoms with van der Waals surface area (Å²) < 4.78 is 23.6. The van der Waals surface area contributed by atoms with E-state index in [4.69, 9.17) is 9.26 Å². The van der Waals surface area contributed by atoms with Gasteiger partial charge in [-0.1, -0.05) is 11.2 Å². The number of hydrogen-bond donors (Lipinski definition) is 0. The number of halogens is 2. The lowest BCUT2D eigenvalue weighted by atomic mass is 10.3. The van der Waals surface area contributed by atoms with Crippen molar-refractivity contribution in [2.75, 3.05) is 0 Å². The Balaban J connectivity index is 1.99. The average molecular weight is 272 g/mol. The van der Waals surface area contributed by atoms with Crippen LogP contribution in [-0.4, -0.2) is 5.16 Å². The fourth-order valence-electron chi connectivity index (χ4n) is 1.07.